The van der Waals surface area contributed by atoms with E-state index in [9.17, 15) is 9.59 Å². The Morgan fingerprint density at radius 3 is 2.71 bits per heavy atom. The molecule has 1 aliphatic rings. The van der Waals surface area contributed by atoms with Gasteiger partial charge in [0.25, 0.3) is 5.91 Å². The standard InChI is InChI=1S/C18H27N3O3/c1-2-24-16-7-4-3-6-15(16)18(23)20-11-5-8-17(22)21-12-9-14(19)10-13-21/h3-4,6-7,14H,2,5,8-13,19H2,1H3,(H,20,23). The van der Waals surface area contributed by atoms with Crippen LogP contribution in [0.3, 0.4) is 0 Å². The summed E-state index contributed by atoms with van der Waals surface area (Å²) >= 11 is 0. The van der Waals surface area contributed by atoms with Crippen molar-refractivity contribution in [2.45, 2.75) is 38.6 Å². The van der Waals surface area contributed by atoms with Crippen LogP contribution in [-0.2, 0) is 4.79 Å². The molecule has 1 aromatic carbocycles. The molecular weight excluding hydrogens is 306 g/mol. The van der Waals surface area contributed by atoms with Gasteiger partial charge in [-0.3, -0.25) is 9.59 Å². The normalized spacial score (nSPS) is 15.2. The molecule has 1 saturated heterocycles. The van der Waals surface area contributed by atoms with E-state index in [0.717, 1.165) is 25.9 Å². The molecule has 3 N–H and O–H groups in total. The molecule has 0 spiro atoms. The van der Waals surface area contributed by atoms with E-state index in [1.807, 2.05) is 24.0 Å². The molecule has 2 rings (SSSR count). The van der Waals surface area contributed by atoms with E-state index in [1.165, 1.54) is 0 Å². The van der Waals surface area contributed by atoms with Crippen molar-refractivity contribution < 1.29 is 14.3 Å². The number of hydrogen-bond acceptors (Lipinski definition) is 4. The number of piperidine rings is 1. The molecule has 0 radical (unpaired) electrons. The highest BCUT2D eigenvalue weighted by Gasteiger charge is 2.20. The van der Waals surface area contributed by atoms with Gasteiger partial charge in [-0.05, 0) is 38.3 Å². The molecule has 0 aliphatic carbocycles. The Labute approximate surface area is 143 Å². The lowest BCUT2D eigenvalue weighted by Crippen LogP contribution is -2.43. The lowest BCUT2D eigenvalue weighted by molar-refractivity contribution is -0.132. The largest absolute Gasteiger partial charge is 0.493 e. The first-order valence-electron chi connectivity index (χ1n) is 8.65. The minimum Gasteiger partial charge on any atom is -0.493 e. The third kappa shape index (κ3) is 5.23. The van der Waals surface area contributed by atoms with Crippen molar-refractivity contribution in [3.63, 3.8) is 0 Å². The van der Waals surface area contributed by atoms with Crippen LogP contribution in [-0.4, -0.2) is 49.0 Å². The van der Waals surface area contributed by atoms with E-state index in [-0.39, 0.29) is 17.9 Å². The second-order valence-corrected chi connectivity index (χ2v) is 6.01. The summed E-state index contributed by atoms with van der Waals surface area (Å²) in [7, 11) is 0. The van der Waals surface area contributed by atoms with Crippen molar-refractivity contribution in [3.8, 4) is 5.75 Å². The molecule has 0 unspecified atom stereocenters. The van der Waals surface area contributed by atoms with Gasteiger partial charge < -0.3 is 20.7 Å². The monoisotopic (exact) mass is 333 g/mol. The van der Waals surface area contributed by atoms with E-state index in [2.05, 4.69) is 5.32 Å². The molecule has 1 aliphatic heterocycles. The summed E-state index contributed by atoms with van der Waals surface area (Å²) in [4.78, 5) is 26.2. The van der Waals surface area contributed by atoms with Crippen LogP contribution in [0.15, 0.2) is 24.3 Å². The van der Waals surface area contributed by atoms with Gasteiger partial charge in [0.2, 0.25) is 5.91 Å². The zero-order valence-corrected chi connectivity index (χ0v) is 14.3. The summed E-state index contributed by atoms with van der Waals surface area (Å²) in [6, 6.07) is 7.39. The molecule has 24 heavy (non-hydrogen) atoms. The Balaban J connectivity index is 1.72. The summed E-state index contributed by atoms with van der Waals surface area (Å²) in [5, 5.41) is 2.85. The Morgan fingerprint density at radius 2 is 2.00 bits per heavy atom. The number of para-hydroxylation sites is 1. The lowest BCUT2D eigenvalue weighted by atomic mass is 10.1. The Kier molecular flexibility index (Phi) is 7.06. The first kappa shape index (κ1) is 18.3. The molecule has 2 amide bonds. The third-order valence-corrected chi connectivity index (χ3v) is 4.18. The fourth-order valence-corrected chi connectivity index (χ4v) is 2.78. The third-order valence-electron chi connectivity index (χ3n) is 4.18. The molecule has 1 heterocycles. The highest BCUT2D eigenvalue weighted by molar-refractivity contribution is 5.96. The van der Waals surface area contributed by atoms with Crippen molar-refractivity contribution in [3.05, 3.63) is 29.8 Å². The predicted octanol–water partition coefficient (Wildman–Crippen LogP) is 1.54. The zero-order chi connectivity index (χ0) is 17.4. The van der Waals surface area contributed by atoms with Crippen molar-refractivity contribution >= 4 is 11.8 Å². The summed E-state index contributed by atoms with van der Waals surface area (Å²) in [6.07, 6.45) is 2.82. The van der Waals surface area contributed by atoms with Gasteiger partial charge in [-0.25, -0.2) is 0 Å². The fourth-order valence-electron chi connectivity index (χ4n) is 2.78. The molecule has 6 nitrogen and oxygen atoms in total. The highest BCUT2D eigenvalue weighted by atomic mass is 16.5. The number of benzene rings is 1. The summed E-state index contributed by atoms with van der Waals surface area (Å²) in [6.45, 7) is 4.35. The van der Waals surface area contributed by atoms with Crippen molar-refractivity contribution in [1.82, 2.24) is 10.2 Å². The van der Waals surface area contributed by atoms with Gasteiger partial charge in [0.15, 0.2) is 0 Å². The molecular formula is C18H27N3O3. The SMILES string of the molecule is CCOc1ccccc1C(=O)NCCCC(=O)N1CCC(N)CC1. The minimum absolute atomic E-state index is 0.144. The van der Waals surface area contributed by atoms with Crippen LogP contribution in [0.5, 0.6) is 5.75 Å². The number of amides is 2. The second-order valence-electron chi connectivity index (χ2n) is 6.01. The zero-order valence-electron chi connectivity index (χ0n) is 14.3. The van der Waals surface area contributed by atoms with Crippen LogP contribution < -0.4 is 15.8 Å². The Hall–Kier alpha value is -2.08. The average molecular weight is 333 g/mol. The maximum atomic E-state index is 12.2. The van der Waals surface area contributed by atoms with Gasteiger partial charge in [0, 0.05) is 32.1 Å². The number of rotatable bonds is 7. The lowest BCUT2D eigenvalue weighted by Gasteiger charge is -2.30. The van der Waals surface area contributed by atoms with Crippen molar-refractivity contribution in [1.29, 1.82) is 0 Å². The van der Waals surface area contributed by atoms with Gasteiger partial charge >= 0.3 is 0 Å². The molecule has 0 bridgehead atoms. The number of nitrogens with one attached hydrogen (secondary N) is 1. The van der Waals surface area contributed by atoms with Crippen LogP contribution in [0.25, 0.3) is 0 Å². The van der Waals surface area contributed by atoms with E-state index in [0.29, 0.717) is 37.3 Å². The number of hydrogen-bond donors (Lipinski definition) is 2. The number of likely N-dealkylation sites (tertiary alicyclic amines) is 1. The number of carbonyl (C=O) groups excluding carboxylic acids is 2. The van der Waals surface area contributed by atoms with E-state index < -0.39 is 0 Å². The topological polar surface area (TPSA) is 84.7 Å². The van der Waals surface area contributed by atoms with Crippen LogP contribution >= 0.6 is 0 Å². The first-order valence-corrected chi connectivity index (χ1v) is 8.65. The summed E-state index contributed by atoms with van der Waals surface area (Å²) in [5.41, 5.74) is 6.37. The maximum absolute atomic E-state index is 12.2. The minimum atomic E-state index is -0.171. The average Bonchev–Trinajstić information content (AvgIpc) is 2.59. The van der Waals surface area contributed by atoms with Crippen LogP contribution in [0, 0.1) is 0 Å². The van der Waals surface area contributed by atoms with Crippen LogP contribution in [0.2, 0.25) is 0 Å². The Morgan fingerprint density at radius 1 is 1.29 bits per heavy atom. The number of ether oxygens (including phenoxy) is 1. The smallest absolute Gasteiger partial charge is 0.255 e. The van der Waals surface area contributed by atoms with Gasteiger partial charge in [-0.1, -0.05) is 12.1 Å². The summed E-state index contributed by atoms with van der Waals surface area (Å²) in [5.74, 6) is 0.555. The molecule has 132 valence electrons. The molecule has 1 fully saturated rings. The number of nitrogens with zero attached hydrogens (tertiary/aromatic N) is 1. The van der Waals surface area contributed by atoms with Crippen LogP contribution in [0.1, 0.15) is 43.0 Å². The van der Waals surface area contributed by atoms with Gasteiger partial charge in [-0.15, -0.1) is 0 Å². The van der Waals surface area contributed by atoms with Crippen LogP contribution in [0.4, 0.5) is 0 Å². The van der Waals surface area contributed by atoms with Gasteiger partial charge in [0.05, 0.1) is 12.2 Å². The number of carbonyl (C=O) groups is 2. The molecule has 0 aromatic heterocycles. The quantitative estimate of drug-likeness (QED) is 0.741. The fraction of sp³-hybridized carbons (Fsp3) is 0.556. The second kappa shape index (κ2) is 9.27. The molecule has 6 heteroatoms. The predicted molar refractivity (Wildman–Crippen MR) is 93.0 cm³/mol. The molecule has 0 atom stereocenters. The van der Waals surface area contributed by atoms with Crippen molar-refractivity contribution in [2.24, 2.45) is 5.73 Å². The van der Waals surface area contributed by atoms with E-state index >= 15 is 0 Å². The van der Waals surface area contributed by atoms with E-state index in [1.54, 1.807) is 12.1 Å². The molecule has 1 aromatic rings. The van der Waals surface area contributed by atoms with E-state index in [4.69, 9.17) is 10.5 Å². The Bertz CT molecular complexity index is 554. The highest BCUT2D eigenvalue weighted by Crippen LogP contribution is 2.17. The number of nitrogens with two attached hydrogens (primary N) is 1. The van der Waals surface area contributed by atoms with Gasteiger partial charge in [-0.2, -0.15) is 0 Å². The van der Waals surface area contributed by atoms with Gasteiger partial charge in [0.1, 0.15) is 5.75 Å². The van der Waals surface area contributed by atoms with Crippen molar-refractivity contribution in [2.75, 3.05) is 26.2 Å². The first-order chi connectivity index (χ1) is 11.6. The summed E-state index contributed by atoms with van der Waals surface area (Å²) < 4.78 is 5.46. The molecule has 0 saturated carbocycles. The maximum Gasteiger partial charge on any atom is 0.255 e.